The summed E-state index contributed by atoms with van der Waals surface area (Å²) in [7, 11) is 1.68. The maximum atomic E-state index is 10.9. The Kier molecular flexibility index (Phi) is 4.24. The van der Waals surface area contributed by atoms with Gasteiger partial charge in [0.25, 0.3) is 0 Å². The lowest BCUT2D eigenvalue weighted by molar-refractivity contribution is -0.0881. The summed E-state index contributed by atoms with van der Waals surface area (Å²) in [5.74, 6) is 0.0792. The molecule has 1 saturated heterocycles. The van der Waals surface area contributed by atoms with Gasteiger partial charge in [-0.05, 0) is 45.2 Å². The number of ether oxygens (including phenoxy) is 2. The lowest BCUT2D eigenvalue weighted by atomic mass is 9.79. The zero-order valence-corrected chi connectivity index (χ0v) is 13.1. The third-order valence-electron chi connectivity index (χ3n) is 4.20. The van der Waals surface area contributed by atoms with Gasteiger partial charge in [0.2, 0.25) is 0 Å². The molecule has 0 bridgehead atoms. The minimum atomic E-state index is -0.530. The van der Waals surface area contributed by atoms with E-state index < -0.39 is 6.10 Å². The van der Waals surface area contributed by atoms with Gasteiger partial charge in [-0.2, -0.15) is 0 Å². The molecule has 0 saturated carbocycles. The topological polar surface area (TPSA) is 38.7 Å². The van der Waals surface area contributed by atoms with Crippen molar-refractivity contribution in [2.24, 2.45) is 5.92 Å². The molecule has 1 aliphatic heterocycles. The Bertz CT molecular complexity index is 465. The first-order valence-electron chi connectivity index (χ1n) is 7.22. The van der Waals surface area contributed by atoms with E-state index in [1.54, 1.807) is 7.11 Å². The molecule has 0 spiro atoms. The summed E-state index contributed by atoms with van der Waals surface area (Å²) in [5.41, 5.74) is 1.48. The second-order valence-corrected chi connectivity index (χ2v) is 6.85. The van der Waals surface area contributed by atoms with Gasteiger partial charge in [0, 0.05) is 13.0 Å². The standard InChI is InChI=1S/C17H26O3/c1-16(2)10-14(17(3,4)20-16)15(18)13-9-7-6-8-12(13)11-19-5/h6-9,14-15,18H,10-11H2,1-5H3. The molecule has 1 fully saturated rings. The molecule has 2 rings (SSSR count). The fourth-order valence-electron chi connectivity index (χ4n) is 3.42. The summed E-state index contributed by atoms with van der Waals surface area (Å²) in [4.78, 5) is 0. The third-order valence-corrected chi connectivity index (χ3v) is 4.20. The quantitative estimate of drug-likeness (QED) is 0.916. The van der Waals surface area contributed by atoms with E-state index in [-0.39, 0.29) is 17.1 Å². The molecule has 0 aliphatic carbocycles. The Morgan fingerprint density at radius 2 is 1.95 bits per heavy atom. The number of hydrogen-bond acceptors (Lipinski definition) is 3. The lowest BCUT2D eigenvalue weighted by Gasteiger charge is -2.31. The average Bonchev–Trinajstić information content (AvgIpc) is 2.57. The van der Waals surface area contributed by atoms with Crippen molar-refractivity contribution in [1.82, 2.24) is 0 Å². The van der Waals surface area contributed by atoms with Crippen molar-refractivity contribution in [3.8, 4) is 0 Å². The number of methoxy groups -OCH3 is 1. The van der Waals surface area contributed by atoms with E-state index in [1.165, 1.54) is 0 Å². The maximum Gasteiger partial charge on any atom is 0.0850 e. The van der Waals surface area contributed by atoms with Crippen molar-refractivity contribution in [2.45, 2.75) is 58.0 Å². The van der Waals surface area contributed by atoms with Crippen LogP contribution in [-0.2, 0) is 16.1 Å². The summed E-state index contributed by atoms with van der Waals surface area (Å²) in [6.07, 6.45) is 0.320. The van der Waals surface area contributed by atoms with Crippen LogP contribution in [0.4, 0.5) is 0 Å². The van der Waals surface area contributed by atoms with Gasteiger partial charge in [-0.3, -0.25) is 0 Å². The highest BCUT2D eigenvalue weighted by Gasteiger charge is 2.49. The SMILES string of the molecule is COCc1ccccc1C(O)C1CC(C)(C)OC1(C)C. The zero-order chi connectivity index (χ0) is 15.0. The fourth-order valence-corrected chi connectivity index (χ4v) is 3.42. The van der Waals surface area contributed by atoms with Gasteiger partial charge in [0.1, 0.15) is 0 Å². The van der Waals surface area contributed by atoms with Crippen LogP contribution in [0.2, 0.25) is 0 Å². The van der Waals surface area contributed by atoms with E-state index in [2.05, 4.69) is 27.7 Å². The average molecular weight is 278 g/mol. The van der Waals surface area contributed by atoms with Crippen LogP contribution in [0.5, 0.6) is 0 Å². The molecular weight excluding hydrogens is 252 g/mol. The number of aliphatic hydroxyl groups is 1. The van der Waals surface area contributed by atoms with Gasteiger partial charge < -0.3 is 14.6 Å². The largest absolute Gasteiger partial charge is 0.388 e. The highest BCUT2D eigenvalue weighted by atomic mass is 16.5. The Morgan fingerprint density at radius 1 is 1.30 bits per heavy atom. The van der Waals surface area contributed by atoms with E-state index >= 15 is 0 Å². The van der Waals surface area contributed by atoms with Gasteiger partial charge in [0.05, 0.1) is 23.9 Å². The van der Waals surface area contributed by atoms with Crippen LogP contribution in [0.25, 0.3) is 0 Å². The summed E-state index contributed by atoms with van der Waals surface area (Å²) in [5, 5.41) is 10.9. The molecule has 0 aromatic heterocycles. The van der Waals surface area contributed by atoms with E-state index in [4.69, 9.17) is 9.47 Å². The van der Waals surface area contributed by atoms with Crippen molar-refractivity contribution in [3.63, 3.8) is 0 Å². The molecule has 20 heavy (non-hydrogen) atoms. The fraction of sp³-hybridized carbons (Fsp3) is 0.647. The highest BCUT2D eigenvalue weighted by molar-refractivity contribution is 5.30. The molecule has 3 nitrogen and oxygen atoms in total. The van der Waals surface area contributed by atoms with Gasteiger partial charge in [-0.1, -0.05) is 24.3 Å². The Hall–Kier alpha value is -0.900. The highest BCUT2D eigenvalue weighted by Crippen LogP contribution is 2.48. The molecule has 2 atom stereocenters. The van der Waals surface area contributed by atoms with Gasteiger partial charge >= 0.3 is 0 Å². The number of aliphatic hydroxyl groups excluding tert-OH is 1. The number of benzene rings is 1. The molecule has 1 N–H and O–H groups in total. The first-order chi connectivity index (χ1) is 9.27. The number of rotatable bonds is 4. The summed E-state index contributed by atoms with van der Waals surface area (Å²) in [6.45, 7) is 8.82. The molecule has 112 valence electrons. The third kappa shape index (κ3) is 3.05. The smallest absolute Gasteiger partial charge is 0.0850 e. The molecule has 1 aliphatic rings. The molecular formula is C17H26O3. The lowest BCUT2D eigenvalue weighted by Crippen LogP contribution is -2.33. The van der Waals surface area contributed by atoms with Gasteiger partial charge in [-0.25, -0.2) is 0 Å². The van der Waals surface area contributed by atoms with Crippen LogP contribution in [0.1, 0.15) is 51.3 Å². The maximum absolute atomic E-state index is 10.9. The summed E-state index contributed by atoms with van der Waals surface area (Å²) in [6, 6.07) is 7.94. The predicted octanol–water partition coefficient (Wildman–Crippen LogP) is 3.46. The van der Waals surface area contributed by atoms with E-state index in [0.29, 0.717) is 6.61 Å². The van der Waals surface area contributed by atoms with Crippen LogP contribution in [0.3, 0.4) is 0 Å². The van der Waals surface area contributed by atoms with Gasteiger partial charge in [0.15, 0.2) is 0 Å². The number of hydrogen-bond donors (Lipinski definition) is 1. The molecule has 3 heteroatoms. The van der Waals surface area contributed by atoms with Crippen molar-refractivity contribution < 1.29 is 14.6 Å². The molecule has 1 heterocycles. The predicted molar refractivity (Wildman–Crippen MR) is 79.5 cm³/mol. The Labute approximate surface area is 121 Å². The molecule has 2 unspecified atom stereocenters. The molecule has 0 radical (unpaired) electrons. The van der Waals surface area contributed by atoms with Crippen LogP contribution >= 0.6 is 0 Å². The molecule has 1 aromatic rings. The van der Waals surface area contributed by atoms with Crippen molar-refractivity contribution in [2.75, 3.05) is 7.11 Å². The van der Waals surface area contributed by atoms with Gasteiger partial charge in [-0.15, -0.1) is 0 Å². The Balaban J connectivity index is 2.30. The molecule has 0 amide bonds. The first-order valence-corrected chi connectivity index (χ1v) is 7.22. The Morgan fingerprint density at radius 3 is 2.50 bits per heavy atom. The van der Waals surface area contributed by atoms with Crippen LogP contribution in [0, 0.1) is 5.92 Å². The zero-order valence-electron chi connectivity index (χ0n) is 13.1. The van der Waals surface area contributed by atoms with Crippen LogP contribution < -0.4 is 0 Å². The monoisotopic (exact) mass is 278 g/mol. The summed E-state index contributed by atoms with van der Waals surface area (Å²) >= 11 is 0. The van der Waals surface area contributed by atoms with E-state index in [0.717, 1.165) is 17.5 Å². The van der Waals surface area contributed by atoms with Crippen molar-refractivity contribution >= 4 is 0 Å². The van der Waals surface area contributed by atoms with E-state index in [9.17, 15) is 5.11 Å². The molecule has 1 aromatic carbocycles. The van der Waals surface area contributed by atoms with Crippen LogP contribution in [0.15, 0.2) is 24.3 Å². The van der Waals surface area contributed by atoms with Crippen LogP contribution in [-0.4, -0.2) is 23.4 Å². The minimum absolute atomic E-state index is 0.0792. The second kappa shape index (κ2) is 5.47. The van der Waals surface area contributed by atoms with Crippen molar-refractivity contribution in [3.05, 3.63) is 35.4 Å². The minimum Gasteiger partial charge on any atom is -0.388 e. The van der Waals surface area contributed by atoms with Crippen molar-refractivity contribution in [1.29, 1.82) is 0 Å². The normalized spacial score (nSPS) is 25.6. The van der Waals surface area contributed by atoms with E-state index in [1.807, 2.05) is 24.3 Å². The second-order valence-electron chi connectivity index (χ2n) is 6.85. The summed E-state index contributed by atoms with van der Waals surface area (Å²) < 4.78 is 11.3. The first kappa shape index (κ1) is 15.5.